The minimum absolute atomic E-state index is 0.182. The minimum Gasteiger partial charge on any atom is -0.350 e. The number of fused-ring (bicyclic) bond motifs is 1. The van der Waals surface area contributed by atoms with Crippen molar-refractivity contribution < 1.29 is 4.79 Å². The lowest BCUT2D eigenvalue weighted by atomic mass is 10.2. The minimum atomic E-state index is -0.182. The van der Waals surface area contributed by atoms with Crippen molar-refractivity contribution in [3.05, 3.63) is 71.9 Å². The summed E-state index contributed by atoms with van der Waals surface area (Å²) in [5, 5.41) is 10.7. The first-order valence-electron chi connectivity index (χ1n) is 8.69. The number of rotatable bonds is 6. The number of nitrogens with one attached hydrogen (secondary N) is 1. The van der Waals surface area contributed by atoms with E-state index in [4.69, 9.17) is 0 Å². The molecule has 4 aromatic rings. The van der Waals surface area contributed by atoms with E-state index in [9.17, 15) is 4.79 Å². The Morgan fingerprint density at radius 2 is 2.04 bits per heavy atom. The summed E-state index contributed by atoms with van der Waals surface area (Å²) in [7, 11) is 0. The average Bonchev–Trinajstić information content (AvgIpc) is 3.28. The smallest absolute Gasteiger partial charge is 0.252 e. The van der Waals surface area contributed by atoms with Crippen molar-refractivity contribution in [2.24, 2.45) is 0 Å². The molecule has 0 aliphatic rings. The third kappa shape index (κ3) is 3.84. The van der Waals surface area contributed by atoms with Crippen LogP contribution in [0.15, 0.2) is 55.1 Å². The average molecular weight is 361 g/mol. The number of nitrogens with zero attached hydrogens (tertiary/aromatic N) is 6. The summed E-state index contributed by atoms with van der Waals surface area (Å²) in [6, 6.07) is 11.9. The quantitative estimate of drug-likeness (QED) is 0.566. The number of carbonyl (C=O) groups excluding carboxylic acids is 1. The van der Waals surface area contributed by atoms with Crippen LogP contribution in [0.25, 0.3) is 11.2 Å². The van der Waals surface area contributed by atoms with Crippen LogP contribution in [0.3, 0.4) is 0 Å². The molecule has 1 aromatic carbocycles. The maximum atomic E-state index is 12.4. The Morgan fingerprint density at radius 1 is 1.19 bits per heavy atom. The van der Waals surface area contributed by atoms with E-state index in [1.54, 1.807) is 23.3 Å². The molecule has 136 valence electrons. The van der Waals surface area contributed by atoms with Gasteiger partial charge in [0.05, 0.1) is 30.7 Å². The molecule has 27 heavy (non-hydrogen) atoms. The van der Waals surface area contributed by atoms with Gasteiger partial charge in [0.2, 0.25) is 0 Å². The molecule has 1 N–H and O–H groups in total. The van der Waals surface area contributed by atoms with E-state index >= 15 is 0 Å². The number of amides is 1. The van der Waals surface area contributed by atoms with Crippen LogP contribution in [0.4, 0.5) is 0 Å². The second-order valence-corrected chi connectivity index (χ2v) is 6.30. The summed E-state index contributed by atoms with van der Waals surface area (Å²) >= 11 is 0. The van der Waals surface area contributed by atoms with Crippen LogP contribution in [-0.4, -0.2) is 42.0 Å². The maximum absolute atomic E-state index is 12.4. The highest BCUT2D eigenvalue weighted by molar-refractivity contribution is 5.96. The van der Waals surface area contributed by atoms with Crippen molar-refractivity contribution in [3.8, 4) is 0 Å². The number of aryl methyl sites for hydroxylation is 1. The summed E-state index contributed by atoms with van der Waals surface area (Å²) in [4.78, 5) is 21.2. The predicted molar refractivity (Wildman–Crippen MR) is 100 cm³/mol. The summed E-state index contributed by atoms with van der Waals surface area (Å²) in [6.45, 7) is 3.59. The van der Waals surface area contributed by atoms with Crippen LogP contribution in [0.5, 0.6) is 0 Å². The highest BCUT2D eigenvalue weighted by Gasteiger charge is 2.11. The lowest BCUT2D eigenvalue weighted by Crippen LogP contribution is -2.27. The van der Waals surface area contributed by atoms with Crippen LogP contribution < -0.4 is 5.32 Å². The Bertz CT molecular complexity index is 1070. The zero-order valence-electron chi connectivity index (χ0n) is 14.9. The molecule has 0 fully saturated rings. The molecule has 0 spiro atoms. The molecule has 0 unspecified atom stereocenters. The molecule has 0 saturated heterocycles. The first-order chi connectivity index (χ1) is 13.2. The Balaban J connectivity index is 1.43. The Morgan fingerprint density at radius 3 is 2.81 bits per heavy atom. The van der Waals surface area contributed by atoms with Crippen LogP contribution in [-0.2, 0) is 13.1 Å². The number of imidazole rings is 1. The number of hydrogen-bond acceptors (Lipinski definition) is 5. The van der Waals surface area contributed by atoms with Gasteiger partial charge in [0.15, 0.2) is 5.65 Å². The highest BCUT2D eigenvalue weighted by atomic mass is 16.1. The number of hydrogen-bond donors (Lipinski definition) is 1. The molecule has 3 heterocycles. The zero-order valence-corrected chi connectivity index (χ0v) is 14.9. The van der Waals surface area contributed by atoms with Crippen molar-refractivity contribution in [3.63, 3.8) is 0 Å². The van der Waals surface area contributed by atoms with Gasteiger partial charge in [-0.25, -0.2) is 9.97 Å². The van der Waals surface area contributed by atoms with Crippen LogP contribution in [0.2, 0.25) is 0 Å². The second kappa shape index (κ2) is 7.36. The summed E-state index contributed by atoms with van der Waals surface area (Å²) in [5.74, 6) is -0.182. The van der Waals surface area contributed by atoms with E-state index in [-0.39, 0.29) is 5.91 Å². The van der Waals surface area contributed by atoms with Gasteiger partial charge < -0.3 is 9.88 Å². The van der Waals surface area contributed by atoms with Gasteiger partial charge in [-0.05, 0) is 18.6 Å². The van der Waals surface area contributed by atoms with E-state index < -0.39 is 0 Å². The highest BCUT2D eigenvalue weighted by Crippen LogP contribution is 2.14. The van der Waals surface area contributed by atoms with E-state index in [1.165, 1.54) is 5.56 Å². The molecule has 0 aliphatic heterocycles. The number of aromatic nitrogens is 6. The summed E-state index contributed by atoms with van der Waals surface area (Å²) < 4.78 is 3.67. The largest absolute Gasteiger partial charge is 0.350 e. The molecule has 4 rings (SSSR count). The van der Waals surface area contributed by atoms with Gasteiger partial charge in [-0.3, -0.25) is 9.48 Å². The van der Waals surface area contributed by atoms with Crippen LogP contribution in [0.1, 0.15) is 21.6 Å². The topological polar surface area (TPSA) is 90.5 Å². The van der Waals surface area contributed by atoms with Gasteiger partial charge in [0.25, 0.3) is 5.91 Å². The van der Waals surface area contributed by atoms with E-state index in [1.807, 2.05) is 35.9 Å². The lowest BCUT2D eigenvalue weighted by Gasteiger charge is -2.06. The molecule has 0 bridgehead atoms. The lowest BCUT2D eigenvalue weighted by molar-refractivity contribution is 0.0951. The van der Waals surface area contributed by atoms with E-state index in [0.717, 1.165) is 11.3 Å². The van der Waals surface area contributed by atoms with Gasteiger partial charge in [0, 0.05) is 18.9 Å². The first-order valence-corrected chi connectivity index (χ1v) is 8.69. The fourth-order valence-electron chi connectivity index (χ4n) is 2.86. The van der Waals surface area contributed by atoms with Gasteiger partial charge in [-0.1, -0.05) is 35.5 Å². The van der Waals surface area contributed by atoms with Crippen molar-refractivity contribution in [1.82, 2.24) is 34.8 Å². The zero-order chi connectivity index (χ0) is 18.6. The van der Waals surface area contributed by atoms with E-state index in [2.05, 4.69) is 37.7 Å². The fourth-order valence-corrected chi connectivity index (χ4v) is 2.86. The molecular weight excluding hydrogens is 342 g/mol. The third-order valence-electron chi connectivity index (χ3n) is 4.19. The Kier molecular flexibility index (Phi) is 4.61. The van der Waals surface area contributed by atoms with Crippen molar-refractivity contribution >= 4 is 17.1 Å². The number of benzene rings is 1. The van der Waals surface area contributed by atoms with Crippen molar-refractivity contribution in [1.29, 1.82) is 0 Å². The molecule has 0 saturated carbocycles. The van der Waals surface area contributed by atoms with E-state index in [0.29, 0.717) is 30.7 Å². The molecule has 8 nitrogen and oxygen atoms in total. The van der Waals surface area contributed by atoms with Gasteiger partial charge >= 0.3 is 0 Å². The van der Waals surface area contributed by atoms with Crippen LogP contribution >= 0.6 is 0 Å². The van der Waals surface area contributed by atoms with Gasteiger partial charge in [-0.15, -0.1) is 5.10 Å². The first kappa shape index (κ1) is 16.9. The summed E-state index contributed by atoms with van der Waals surface area (Å²) in [6.07, 6.45) is 5.17. The molecular formula is C19H19N7O. The predicted octanol–water partition coefficient (Wildman–Crippen LogP) is 1.81. The molecule has 3 aromatic heterocycles. The summed E-state index contributed by atoms with van der Waals surface area (Å²) in [5.41, 5.74) is 3.96. The maximum Gasteiger partial charge on any atom is 0.252 e. The molecule has 0 aliphatic carbocycles. The number of carbonyl (C=O) groups is 1. The third-order valence-corrected chi connectivity index (χ3v) is 4.19. The number of pyridine rings is 1. The van der Waals surface area contributed by atoms with Crippen molar-refractivity contribution in [2.75, 3.05) is 6.54 Å². The fraction of sp³-hybridized carbons (Fsp3) is 0.211. The normalized spacial score (nSPS) is 11.0. The van der Waals surface area contributed by atoms with Gasteiger partial charge in [-0.2, -0.15) is 0 Å². The molecule has 0 atom stereocenters. The van der Waals surface area contributed by atoms with Crippen molar-refractivity contribution in [2.45, 2.75) is 20.0 Å². The Labute approximate surface area is 155 Å². The Hall–Kier alpha value is -3.55. The second-order valence-electron chi connectivity index (χ2n) is 6.30. The van der Waals surface area contributed by atoms with Crippen LogP contribution in [0, 0.1) is 6.92 Å². The molecule has 1 amide bonds. The van der Waals surface area contributed by atoms with Gasteiger partial charge in [0.1, 0.15) is 5.52 Å². The standard InChI is InChI=1S/C19H19N7O/c1-14-11-26(24-23-14)8-7-20-19(27)16-9-17-18(21-10-16)25(13-22-17)12-15-5-3-2-4-6-15/h2-6,9-11,13H,7-8,12H2,1H3,(H,20,27). The monoisotopic (exact) mass is 361 g/mol. The molecule has 8 heteroatoms. The molecule has 0 radical (unpaired) electrons. The SMILES string of the molecule is Cc1cn(CCNC(=O)c2cnc3c(c2)ncn3Cc2ccccc2)nn1.